The van der Waals surface area contributed by atoms with Gasteiger partial charge < -0.3 is 9.67 Å². The second kappa shape index (κ2) is 7.93. The van der Waals surface area contributed by atoms with Crippen LogP contribution in [0.5, 0.6) is 0 Å². The van der Waals surface area contributed by atoms with Crippen LogP contribution in [0, 0.1) is 4.91 Å². The number of aliphatic carboxylic acids is 1. The maximum absolute atomic E-state index is 12.4. The van der Waals surface area contributed by atoms with Gasteiger partial charge in [0.15, 0.2) is 0 Å². The van der Waals surface area contributed by atoms with Crippen LogP contribution in [0.15, 0.2) is 17.3 Å². The topological polar surface area (TPSA) is 101 Å². The SMILES string of the molecule is C=C(C)CCP(=O)(CCC(=O)O)CCC(=O)N=O. The number of amides is 1. The molecule has 0 saturated carbocycles. The first kappa shape index (κ1) is 16.7. The van der Waals surface area contributed by atoms with Crippen molar-refractivity contribution in [2.75, 3.05) is 18.5 Å². The molecule has 0 radical (unpaired) electrons. The van der Waals surface area contributed by atoms with Crippen LogP contribution in [0.1, 0.15) is 26.2 Å². The second-order valence-electron chi connectivity index (χ2n) is 4.31. The Balaban J connectivity index is 4.52. The number of carbonyl (C=O) groups is 2. The summed E-state index contributed by atoms with van der Waals surface area (Å²) in [5.41, 5.74) is 0.852. The van der Waals surface area contributed by atoms with Crippen molar-refractivity contribution < 1.29 is 19.3 Å². The van der Waals surface area contributed by atoms with Gasteiger partial charge >= 0.3 is 5.97 Å². The van der Waals surface area contributed by atoms with Crippen molar-refractivity contribution in [3.8, 4) is 0 Å². The monoisotopic (exact) mass is 275 g/mol. The van der Waals surface area contributed by atoms with E-state index in [4.69, 9.17) is 5.11 Å². The number of carboxylic acid groups (broad SMARTS) is 1. The van der Waals surface area contributed by atoms with E-state index in [1.807, 2.05) is 0 Å². The van der Waals surface area contributed by atoms with Gasteiger partial charge in [-0.15, -0.1) is 11.5 Å². The molecule has 0 aromatic rings. The first-order valence-electron chi connectivity index (χ1n) is 5.58. The molecule has 1 amide bonds. The molecular formula is C11H18NO5P. The Morgan fingerprint density at radius 2 is 1.67 bits per heavy atom. The fraction of sp³-hybridized carbons (Fsp3) is 0.636. The Morgan fingerprint density at radius 1 is 1.17 bits per heavy atom. The van der Waals surface area contributed by atoms with Crippen molar-refractivity contribution in [2.24, 2.45) is 5.18 Å². The van der Waals surface area contributed by atoms with Crippen LogP contribution in [0.2, 0.25) is 0 Å². The molecule has 0 saturated heterocycles. The number of hydrogen-bond acceptors (Lipinski definition) is 4. The van der Waals surface area contributed by atoms with E-state index in [0.717, 1.165) is 5.57 Å². The Kier molecular flexibility index (Phi) is 7.36. The van der Waals surface area contributed by atoms with Gasteiger partial charge in [-0.05, 0) is 13.3 Å². The molecule has 0 heterocycles. The summed E-state index contributed by atoms with van der Waals surface area (Å²) in [5, 5.41) is 10.8. The summed E-state index contributed by atoms with van der Waals surface area (Å²) in [4.78, 5) is 31.3. The number of rotatable bonds is 9. The zero-order valence-electron chi connectivity index (χ0n) is 10.4. The van der Waals surface area contributed by atoms with Crippen LogP contribution >= 0.6 is 7.14 Å². The average molecular weight is 275 g/mol. The van der Waals surface area contributed by atoms with Gasteiger partial charge in [0, 0.05) is 30.1 Å². The van der Waals surface area contributed by atoms with Crippen LogP contribution in [-0.4, -0.2) is 35.5 Å². The molecule has 0 spiro atoms. The summed E-state index contributed by atoms with van der Waals surface area (Å²) in [6, 6.07) is 0. The van der Waals surface area contributed by atoms with Gasteiger partial charge in [-0.2, -0.15) is 0 Å². The first-order chi connectivity index (χ1) is 8.29. The van der Waals surface area contributed by atoms with E-state index in [1.54, 1.807) is 6.92 Å². The van der Waals surface area contributed by atoms with E-state index in [2.05, 4.69) is 11.8 Å². The molecule has 6 nitrogen and oxygen atoms in total. The molecule has 0 aliphatic rings. The zero-order chi connectivity index (χ0) is 14.2. The van der Waals surface area contributed by atoms with Crippen molar-refractivity contribution in [3.05, 3.63) is 17.1 Å². The highest BCUT2D eigenvalue weighted by atomic mass is 31.2. The zero-order valence-corrected chi connectivity index (χ0v) is 11.3. The van der Waals surface area contributed by atoms with E-state index >= 15 is 0 Å². The molecular weight excluding hydrogens is 257 g/mol. The number of nitroso groups, excluding NO2 is 1. The van der Waals surface area contributed by atoms with Gasteiger partial charge in [0.05, 0.1) is 13.6 Å². The lowest BCUT2D eigenvalue weighted by molar-refractivity contribution is -0.136. The van der Waals surface area contributed by atoms with Gasteiger partial charge in [0.25, 0.3) is 5.91 Å². The van der Waals surface area contributed by atoms with E-state index in [0.29, 0.717) is 12.6 Å². The predicted octanol–water partition coefficient (Wildman–Crippen LogP) is 2.47. The van der Waals surface area contributed by atoms with Gasteiger partial charge in [-0.25, -0.2) is 0 Å². The van der Waals surface area contributed by atoms with Crippen LogP contribution in [0.4, 0.5) is 0 Å². The smallest absolute Gasteiger partial charge is 0.303 e. The number of allylic oxidation sites excluding steroid dienone is 1. The van der Waals surface area contributed by atoms with Gasteiger partial charge in [0.1, 0.15) is 0 Å². The minimum atomic E-state index is -2.76. The first-order valence-corrected chi connectivity index (χ1v) is 7.85. The highest BCUT2D eigenvalue weighted by Gasteiger charge is 2.24. The molecule has 0 rings (SSSR count). The maximum Gasteiger partial charge on any atom is 0.303 e. The number of carbonyl (C=O) groups excluding carboxylic acids is 1. The average Bonchev–Trinajstić information content (AvgIpc) is 2.31. The van der Waals surface area contributed by atoms with Gasteiger partial charge in [0.2, 0.25) is 0 Å². The summed E-state index contributed by atoms with van der Waals surface area (Å²) in [7, 11) is -2.76. The fourth-order valence-corrected chi connectivity index (χ4v) is 4.03. The van der Waals surface area contributed by atoms with Crippen LogP contribution < -0.4 is 0 Å². The van der Waals surface area contributed by atoms with Crippen molar-refractivity contribution in [3.63, 3.8) is 0 Å². The molecule has 0 aliphatic carbocycles. The summed E-state index contributed by atoms with van der Waals surface area (Å²) in [6.07, 6.45) is 0.550. The minimum Gasteiger partial charge on any atom is -0.481 e. The van der Waals surface area contributed by atoms with E-state index in [9.17, 15) is 19.1 Å². The van der Waals surface area contributed by atoms with Crippen LogP contribution in [0.3, 0.4) is 0 Å². The summed E-state index contributed by atoms with van der Waals surface area (Å²) >= 11 is 0. The molecule has 1 unspecified atom stereocenters. The fourth-order valence-electron chi connectivity index (χ4n) is 1.37. The lowest BCUT2D eigenvalue weighted by Gasteiger charge is -2.16. The Bertz CT molecular complexity index is 369. The van der Waals surface area contributed by atoms with Crippen molar-refractivity contribution in [2.45, 2.75) is 26.2 Å². The molecule has 7 heteroatoms. The second-order valence-corrected chi connectivity index (χ2v) is 7.77. The number of nitrogens with zero attached hydrogens (tertiary/aromatic N) is 1. The summed E-state index contributed by atoms with van der Waals surface area (Å²) < 4.78 is 12.4. The number of hydrogen-bond donors (Lipinski definition) is 1. The third kappa shape index (κ3) is 7.90. The van der Waals surface area contributed by atoms with E-state index in [1.165, 1.54) is 0 Å². The molecule has 102 valence electrons. The molecule has 0 aromatic carbocycles. The third-order valence-corrected chi connectivity index (χ3v) is 5.63. The van der Waals surface area contributed by atoms with E-state index < -0.39 is 19.0 Å². The van der Waals surface area contributed by atoms with Crippen molar-refractivity contribution in [1.82, 2.24) is 0 Å². The normalized spacial score (nSPS) is 13.6. The quantitative estimate of drug-likeness (QED) is 0.395. The van der Waals surface area contributed by atoms with Crippen LogP contribution in [-0.2, 0) is 14.2 Å². The standard InChI is InChI=1S/C11H18NO5P/c1-9(2)3-6-18(17,8-5-11(14)15)7-4-10(13)12-16/h1,3-8H2,2H3,(H,14,15). The highest BCUT2D eigenvalue weighted by Crippen LogP contribution is 2.47. The molecule has 0 fully saturated rings. The molecule has 1 atom stereocenters. The van der Waals surface area contributed by atoms with E-state index in [-0.39, 0.29) is 25.2 Å². The lowest BCUT2D eigenvalue weighted by Crippen LogP contribution is -2.08. The largest absolute Gasteiger partial charge is 0.481 e. The maximum atomic E-state index is 12.4. The molecule has 18 heavy (non-hydrogen) atoms. The van der Waals surface area contributed by atoms with Crippen molar-refractivity contribution >= 4 is 19.0 Å². The molecule has 0 bridgehead atoms. The number of carboxylic acids is 1. The molecule has 0 aromatic heterocycles. The van der Waals surface area contributed by atoms with Gasteiger partial charge in [-0.1, -0.05) is 5.57 Å². The Morgan fingerprint density at radius 3 is 2.11 bits per heavy atom. The summed E-state index contributed by atoms with van der Waals surface area (Å²) in [6.45, 7) is 5.48. The third-order valence-electron chi connectivity index (χ3n) is 2.51. The van der Waals surface area contributed by atoms with Crippen molar-refractivity contribution in [1.29, 1.82) is 0 Å². The molecule has 0 aliphatic heterocycles. The Hall–Kier alpha value is -1.29. The summed E-state index contributed by atoms with van der Waals surface area (Å²) in [5.74, 6) is -1.87. The minimum absolute atomic E-state index is 0.0398. The highest BCUT2D eigenvalue weighted by molar-refractivity contribution is 7.64. The Labute approximate surface area is 106 Å². The van der Waals surface area contributed by atoms with Gasteiger partial charge in [-0.3, -0.25) is 9.59 Å². The van der Waals surface area contributed by atoms with Crippen LogP contribution in [0.25, 0.3) is 0 Å². The predicted molar refractivity (Wildman–Crippen MR) is 69.3 cm³/mol. The lowest BCUT2D eigenvalue weighted by atomic mass is 10.3. The molecule has 1 N–H and O–H groups in total.